The number of rotatable bonds is 1. The van der Waals surface area contributed by atoms with Gasteiger partial charge >= 0.3 is 0 Å². The van der Waals surface area contributed by atoms with Crippen molar-refractivity contribution in [3.63, 3.8) is 0 Å². The van der Waals surface area contributed by atoms with Crippen LogP contribution in [0.4, 0.5) is 0 Å². The molecule has 2 atom stereocenters. The molecule has 2 aliphatic heterocycles. The van der Waals surface area contributed by atoms with Crippen molar-refractivity contribution in [3.05, 3.63) is 0 Å². The number of piperidine rings is 1. The largest absolute Gasteiger partial charge is 0.349 e. The molecule has 0 spiro atoms. The Morgan fingerprint density at radius 3 is 2.21 bits per heavy atom. The third-order valence-corrected chi connectivity index (χ3v) is 5.29. The highest BCUT2D eigenvalue weighted by Crippen LogP contribution is 2.08. The summed E-state index contributed by atoms with van der Waals surface area (Å²) in [6, 6.07) is 0.397. The van der Waals surface area contributed by atoms with E-state index in [1.165, 1.54) is 24.2 Å². The monoisotopic (exact) mass is 220 g/mol. The van der Waals surface area contributed by atoms with Gasteiger partial charge in [-0.25, -0.2) is 8.42 Å². The molecule has 14 heavy (non-hydrogen) atoms. The van der Waals surface area contributed by atoms with Crippen molar-refractivity contribution in [2.45, 2.75) is 31.3 Å². The summed E-state index contributed by atoms with van der Waals surface area (Å²) in [6.45, 7) is 2.29. The Kier molecular flexibility index (Phi) is 2.81. The van der Waals surface area contributed by atoms with E-state index in [1.807, 2.05) is 0 Å². The third-order valence-electron chi connectivity index (χ3n) is 3.49. The smallest absolute Gasteiger partial charge is 0.162 e. The zero-order valence-corrected chi connectivity index (χ0v) is 9.35. The summed E-state index contributed by atoms with van der Waals surface area (Å²) in [5, 5.41) is 0. The van der Waals surface area contributed by atoms with E-state index in [9.17, 15) is 8.42 Å². The number of likely N-dealkylation sites (tertiary alicyclic amines) is 1. The zero-order chi connectivity index (χ0) is 10.2. The zero-order valence-electron chi connectivity index (χ0n) is 8.54. The van der Waals surface area contributed by atoms with Crippen molar-refractivity contribution in [1.29, 1.82) is 0 Å². The summed E-state index contributed by atoms with van der Waals surface area (Å²) < 4.78 is 22.9. The molecule has 0 aromatic carbocycles. The highest BCUT2D eigenvalue weighted by molar-refractivity contribution is 7.91. The molecule has 4 N–H and O–H groups in total. The maximum atomic E-state index is 11.4. The molecule has 0 saturated carbocycles. The highest BCUT2D eigenvalue weighted by Gasteiger charge is 2.44. The van der Waals surface area contributed by atoms with Crippen molar-refractivity contribution < 1.29 is 19.1 Å². The van der Waals surface area contributed by atoms with Crippen molar-refractivity contribution in [2.24, 2.45) is 0 Å². The molecule has 2 aliphatic rings. The van der Waals surface area contributed by atoms with Crippen LogP contribution >= 0.6 is 0 Å². The Morgan fingerprint density at radius 1 is 1.07 bits per heavy atom. The molecule has 0 radical (unpaired) electrons. The first-order valence-electron chi connectivity index (χ1n) is 5.46. The van der Waals surface area contributed by atoms with Crippen molar-refractivity contribution in [3.8, 4) is 0 Å². The maximum Gasteiger partial charge on any atom is 0.162 e. The van der Waals surface area contributed by atoms with E-state index in [1.54, 1.807) is 0 Å². The van der Waals surface area contributed by atoms with Crippen LogP contribution in [0.25, 0.3) is 0 Å². The molecule has 2 fully saturated rings. The molecule has 82 valence electrons. The summed E-state index contributed by atoms with van der Waals surface area (Å²) >= 11 is 0. The minimum Gasteiger partial charge on any atom is -0.349 e. The van der Waals surface area contributed by atoms with E-state index in [0.29, 0.717) is 11.5 Å². The first kappa shape index (κ1) is 10.4. The summed E-state index contributed by atoms with van der Waals surface area (Å²) in [5.74, 6) is 0.678. The van der Waals surface area contributed by atoms with E-state index in [0.717, 1.165) is 13.1 Å². The van der Waals surface area contributed by atoms with Gasteiger partial charge in [0.25, 0.3) is 0 Å². The standard InChI is InChI=1S/C9H18N2O2S/c10-8-6-14(12,13)7-9(8)11-4-2-1-3-5-11/h8-9H,1-7,10H2/p+2/t8-,9+/m1/s1. The molecule has 5 heteroatoms. The van der Waals surface area contributed by atoms with E-state index >= 15 is 0 Å². The molecule has 0 aromatic rings. The van der Waals surface area contributed by atoms with Crippen LogP contribution in [-0.2, 0) is 9.84 Å². The topological polar surface area (TPSA) is 66.2 Å². The molecule has 2 saturated heterocycles. The van der Waals surface area contributed by atoms with Crippen LogP contribution in [0, 0.1) is 0 Å². The number of nitrogens with one attached hydrogen (secondary N) is 1. The molecule has 2 rings (SSSR count). The third kappa shape index (κ3) is 2.10. The van der Waals surface area contributed by atoms with E-state index < -0.39 is 9.84 Å². The van der Waals surface area contributed by atoms with Gasteiger partial charge in [-0.3, -0.25) is 0 Å². The number of quaternary nitrogens is 2. The van der Waals surface area contributed by atoms with Crippen molar-refractivity contribution >= 4 is 9.84 Å². The lowest BCUT2D eigenvalue weighted by Gasteiger charge is -2.29. The van der Waals surface area contributed by atoms with Gasteiger partial charge in [0.05, 0.1) is 13.1 Å². The van der Waals surface area contributed by atoms with Gasteiger partial charge in [-0.1, -0.05) is 0 Å². The van der Waals surface area contributed by atoms with Crippen LogP contribution in [-0.4, -0.2) is 45.1 Å². The van der Waals surface area contributed by atoms with Gasteiger partial charge in [0, 0.05) is 0 Å². The van der Waals surface area contributed by atoms with Crippen LogP contribution in [0.2, 0.25) is 0 Å². The molecule has 0 bridgehead atoms. The summed E-state index contributed by atoms with van der Waals surface area (Å²) in [7, 11) is -2.78. The van der Waals surface area contributed by atoms with Crippen LogP contribution in [0.3, 0.4) is 0 Å². The van der Waals surface area contributed by atoms with Gasteiger partial charge in [-0.05, 0) is 19.3 Å². The number of sulfone groups is 1. The number of hydrogen-bond acceptors (Lipinski definition) is 2. The first-order valence-corrected chi connectivity index (χ1v) is 7.29. The molecular formula is C9H20N2O2S+2. The van der Waals surface area contributed by atoms with Crippen LogP contribution < -0.4 is 10.6 Å². The quantitative estimate of drug-likeness (QED) is 0.511. The summed E-state index contributed by atoms with van der Waals surface area (Å²) in [6.07, 6.45) is 3.81. The maximum absolute atomic E-state index is 11.4. The van der Waals surface area contributed by atoms with Gasteiger partial charge < -0.3 is 10.6 Å². The molecule has 2 heterocycles. The Balaban J connectivity index is 2.04. The molecule has 0 amide bonds. The summed E-state index contributed by atoms with van der Waals surface area (Å²) in [5.41, 5.74) is 3.99. The normalized spacial score (nSPS) is 38.6. The fourth-order valence-corrected chi connectivity index (χ4v) is 4.82. The van der Waals surface area contributed by atoms with Gasteiger partial charge in [0.15, 0.2) is 21.9 Å². The minimum atomic E-state index is -2.78. The highest BCUT2D eigenvalue weighted by atomic mass is 32.2. The SMILES string of the molecule is [NH3+][C@@H]1CS(=O)(=O)C[C@@H]1[NH+]1CCCCC1. The second kappa shape index (κ2) is 3.79. The Hall–Kier alpha value is -0.130. The van der Waals surface area contributed by atoms with Crippen LogP contribution in [0.15, 0.2) is 0 Å². The lowest BCUT2D eigenvalue weighted by molar-refractivity contribution is -0.936. The average molecular weight is 220 g/mol. The second-order valence-electron chi connectivity index (χ2n) is 4.66. The minimum absolute atomic E-state index is 0.119. The predicted octanol–water partition coefficient (Wildman–Crippen LogP) is -2.54. The molecule has 0 aliphatic carbocycles. The Bertz CT molecular complexity index is 296. The lowest BCUT2D eigenvalue weighted by Crippen LogP contribution is -3.19. The molecular weight excluding hydrogens is 200 g/mol. The van der Waals surface area contributed by atoms with E-state index in [4.69, 9.17) is 0 Å². The van der Waals surface area contributed by atoms with Crippen molar-refractivity contribution in [1.82, 2.24) is 0 Å². The average Bonchev–Trinajstić information content (AvgIpc) is 2.41. The van der Waals surface area contributed by atoms with Crippen LogP contribution in [0.1, 0.15) is 19.3 Å². The van der Waals surface area contributed by atoms with E-state index in [-0.39, 0.29) is 12.1 Å². The molecule has 0 unspecified atom stereocenters. The Labute approximate surface area is 85.4 Å². The van der Waals surface area contributed by atoms with E-state index in [2.05, 4.69) is 5.73 Å². The fourth-order valence-electron chi connectivity index (χ4n) is 2.75. The number of hydrogen-bond donors (Lipinski definition) is 2. The second-order valence-corrected chi connectivity index (χ2v) is 6.82. The molecule has 4 nitrogen and oxygen atoms in total. The van der Waals surface area contributed by atoms with Crippen LogP contribution in [0.5, 0.6) is 0 Å². The van der Waals surface area contributed by atoms with Crippen molar-refractivity contribution in [2.75, 3.05) is 24.6 Å². The summed E-state index contributed by atoms with van der Waals surface area (Å²) in [4.78, 5) is 1.48. The van der Waals surface area contributed by atoms with Gasteiger partial charge in [0.1, 0.15) is 11.5 Å². The first-order chi connectivity index (χ1) is 6.58. The molecule has 0 aromatic heterocycles. The van der Waals surface area contributed by atoms with Gasteiger partial charge in [0.2, 0.25) is 0 Å². The fraction of sp³-hybridized carbons (Fsp3) is 1.00. The Morgan fingerprint density at radius 2 is 1.71 bits per heavy atom. The van der Waals surface area contributed by atoms with Gasteiger partial charge in [-0.2, -0.15) is 0 Å². The van der Waals surface area contributed by atoms with Gasteiger partial charge in [-0.15, -0.1) is 0 Å². The lowest BCUT2D eigenvalue weighted by atomic mass is 10.1. The predicted molar refractivity (Wildman–Crippen MR) is 53.7 cm³/mol.